The van der Waals surface area contributed by atoms with E-state index in [1.165, 1.54) is 0 Å². The van der Waals surface area contributed by atoms with Crippen LogP contribution in [0, 0.1) is 0 Å². The van der Waals surface area contributed by atoms with Crippen molar-refractivity contribution in [2.45, 2.75) is 12.8 Å². The summed E-state index contributed by atoms with van der Waals surface area (Å²) in [5, 5.41) is 6.22. The standard InChI is InChI=1S/C23H24N2O3/c1-27-21-13-15-22(16-14-21)28-17-5-8-23(26)25-20-11-9-19(10-12-20)24-18-6-3-2-4-7-18/h2-4,6-7,9-16,24H,5,8,17H2,1H3,(H,25,26). The van der Waals surface area contributed by atoms with Crippen molar-refractivity contribution in [3.63, 3.8) is 0 Å². The number of hydrogen-bond acceptors (Lipinski definition) is 4. The number of rotatable bonds is 9. The van der Waals surface area contributed by atoms with Gasteiger partial charge in [-0.1, -0.05) is 18.2 Å². The van der Waals surface area contributed by atoms with Crippen LogP contribution >= 0.6 is 0 Å². The molecule has 3 rings (SSSR count). The number of carbonyl (C=O) groups is 1. The first-order valence-corrected chi connectivity index (χ1v) is 9.22. The van der Waals surface area contributed by atoms with Crippen LogP contribution in [0.2, 0.25) is 0 Å². The van der Waals surface area contributed by atoms with Crippen LogP contribution in [-0.2, 0) is 4.79 Å². The van der Waals surface area contributed by atoms with Crippen LogP contribution in [0.3, 0.4) is 0 Å². The summed E-state index contributed by atoms with van der Waals surface area (Å²) in [6.45, 7) is 0.486. The third-order valence-corrected chi connectivity index (χ3v) is 4.11. The van der Waals surface area contributed by atoms with Crippen LogP contribution in [0.4, 0.5) is 17.1 Å². The van der Waals surface area contributed by atoms with Gasteiger partial charge in [-0.15, -0.1) is 0 Å². The fourth-order valence-electron chi connectivity index (χ4n) is 2.64. The maximum atomic E-state index is 12.1. The molecule has 0 saturated heterocycles. The lowest BCUT2D eigenvalue weighted by molar-refractivity contribution is -0.116. The first kappa shape index (κ1) is 19.3. The minimum atomic E-state index is -0.0258. The van der Waals surface area contributed by atoms with Crippen molar-refractivity contribution in [1.29, 1.82) is 0 Å². The molecule has 0 heterocycles. The van der Waals surface area contributed by atoms with Gasteiger partial charge in [0.05, 0.1) is 13.7 Å². The van der Waals surface area contributed by atoms with E-state index in [4.69, 9.17) is 9.47 Å². The van der Waals surface area contributed by atoms with Crippen LogP contribution in [0.5, 0.6) is 11.5 Å². The van der Waals surface area contributed by atoms with Gasteiger partial charge >= 0.3 is 0 Å². The first-order valence-electron chi connectivity index (χ1n) is 9.22. The van der Waals surface area contributed by atoms with Crippen LogP contribution in [-0.4, -0.2) is 19.6 Å². The molecule has 0 radical (unpaired) electrons. The summed E-state index contributed by atoms with van der Waals surface area (Å²) < 4.78 is 10.7. The molecule has 0 aliphatic heterocycles. The average Bonchev–Trinajstić information content (AvgIpc) is 2.74. The number of para-hydroxylation sites is 1. The number of methoxy groups -OCH3 is 1. The summed E-state index contributed by atoms with van der Waals surface area (Å²) in [4.78, 5) is 12.1. The molecule has 3 aromatic carbocycles. The predicted octanol–water partition coefficient (Wildman–Crippen LogP) is 5.24. The van der Waals surface area contributed by atoms with Gasteiger partial charge in [0.1, 0.15) is 11.5 Å². The monoisotopic (exact) mass is 376 g/mol. The van der Waals surface area contributed by atoms with E-state index >= 15 is 0 Å². The molecule has 0 aromatic heterocycles. The summed E-state index contributed by atoms with van der Waals surface area (Å²) in [5.41, 5.74) is 2.77. The van der Waals surface area contributed by atoms with Crippen molar-refractivity contribution in [2.75, 3.05) is 24.4 Å². The summed E-state index contributed by atoms with van der Waals surface area (Å²) in [5.74, 6) is 1.53. The smallest absolute Gasteiger partial charge is 0.224 e. The van der Waals surface area contributed by atoms with Gasteiger partial charge in [-0.05, 0) is 67.1 Å². The fourth-order valence-corrected chi connectivity index (χ4v) is 2.64. The van der Waals surface area contributed by atoms with Gasteiger partial charge in [-0.25, -0.2) is 0 Å². The number of carbonyl (C=O) groups excluding carboxylic acids is 1. The second-order valence-corrected chi connectivity index (χ2v) is 6.24. The van der Waals surface area contributed by atoms with Crippen LogP contribution in [0.15, 0.2) is 78.9 Å². The number of ether oxygens (including phenoxy) is 2. The van der Waals surface area contributed by atoms with Crippen LogP contribution in [0.1, 0.15) is 12.8 Å². The number of nitrogens with one attached hydrogen (secondary N) is 2. The largest absolute Gasteiger partial charge is 0.497 e. The Hall–Kier alpha value is -3.47. The molecule has 0 saturated carbocycles. The zero-order valence-corrected chi connectivity index (χ0v) is 15.9. The lowest BCUT2D eigenvalue weighted by atomic mass is 10.2. The first-order chi connectivity index (χ1) is 13.7. The SMILES string of the molecule is COc1ccc(OCCCC(=O)Nc2ccc(Nc3ccccc3)cc2)cc1. The van der Waals surface area contributed by atoms with E-state index in [-0.39, 0.29) is 5.91 Å². The Morgan fingerprint density at radius 3 is 2.07 bits per heavy atom. The average molecular weight is 376 g/mol. The third kappa shape index (κ3) is 6.06. The Balaban J connectivity index is 1.38. The van der Waals surface area contributed by atoms with E-state index < -0.39 is 0 Å². The lowest BCUT2D eigenvalue weighted by Gasteiger charge is -2.09. The molecule has 1 amide bonds. The summed E-state index contributed by atoms with van der Waals surface area (Å²) >= 11 is 0. The van der Waals surface area contributed by atoms with Gasteiger partial charge < -0.3 is 20.1 Å². The molecule has 0 atom stereocenters. The Kier molecular flexibility index (Phi) is 6.90. The fraction of sp³-hybridized carbons (Fsp3) is 0.174. The zero-order chi connectivity index (χ0) is 19.6. The van der Waals surface area contributed by atoms with E-state index in [1.807, 2.05) is 78.9 Å². The maximum Gasteiger partial charge on any atom is 0.224 e. The van der Waals surface area contributed by atoms with Gasteiger partial charge in [0.25, 0.3) is 0 Å². The van der Waals surface area contributed by atoms with Crippen molar-refractivity contribution < 1.29 is 14.3 Å². The molecule has 5 nitrogen and oxygen atoms in total. The van der Waals surface area contributed by atoms with Crippen molar-refractivity contribution >= 4 is 23.0 Å². The second kappa shape index (κ2) is 10.0. The van der Waals surface area contributed by atoms with Gasteiger partial charge in [-0.2, -0.15) is 0 Å². The molecule has 3 aromatic rings. The number of hydrogen-bond donors (Lipinski definition) is 2. The lowest BCUT2D eigenvalue weighted by Crippen LogP contribution is -2.12. The molecular weight excluding hydrogens is 352 g/mol. The van der Waals surface area contributed by atoms with Crippen molar-refractivity contribution in [1.82, 2.24) is 0 Å². The Morgan fingerprint density at radius 2 is 1.39 bits per heavy atom. The van der Waals surface area contributed by atoms with Crippen molar-refractivity contribution in [3.8, 4) is 11.5 Å². The van der Waals surface area contributed by atoms with E-state index in [9.17, 15) is 4.79 Å². The molecule has 5 heteroatoms. The highest BCUT2D eigenvalue weighted by molar-refractivity contribution is 5.90. The Bertz CT molecular complexity index is 863. The number of benzene rings is 3. The highest BCUT2D eigenvalue weighted by Gasteiger charge is 2.03. The quantitative estimate of drug-likeness (QED) is 0.502. The molecule has 0 fully saturated rings. The third-order valence-electron chi connectivity index (χ3n) is 4.11. The van der Waals surface area contributed by atoms with Gasteiger partial charge in [0.15, 0.2) is 0 Å². The number of anilines is 3. The Morgan fingerprint density at radius 1 is 0.786 bits per heavy atom. The van der Waals surface area contributed by atoms with Crippen LogP contribution < -0.4 is 20.1 Å². The molecule has 0 spiro atoms. The highest BCUT2D eigenvalue weighted by atomic mass is 16.5. The van der Waals surface area contributed by atoms with Crippen LogP contribution in [0.25, 0.3) is 0 Å². The minimum absolute atomic E-state index is 0.0258. The van der Waals surface area contributed by atoms with Gasteiger partial charge in [-0.3, -0.25) is 4.79 Å². The molecule has 28 heavy (non-hydrogen) atoms. The summed E-state index contributed by atoms with van der Waals surface area (Å²) in [6, 6.07) is 25.0. The summed E-state index contributed by atoms with van der Waals surface area (Å²) in [7, 11) is 1.63. The van der Waals surface area contributed by atoms with Crippen molar-refractivity contribution in [2.24, 2.45) is 0 Å². The van der Waals surface area contributed by atoms with Gasteiger partial charge in [0, 0.05) is 23.5 Å². The highest BCUT2D eigenvalue weighted by Crippen LogP contribution is 2.19. The van der Waals surface area contributed by atoms with E-state index in [2.05, 4.69) is 10.6 Å². The molecule has 0 unspecified atom stereocenters. The molecule has 0 aliphatic rings. The van der Waals surface area contributed by atoms with Crippen molar-refractivity contribution in [3.05, 3.63) is 78.9 Å². The molecule has 2 N–H and O–H groups in total. The minimum Gasteiger partial charge on any atom is -0.497 e. The Labute approximate surface area is 165 Å². The van der Waals surface area contributed by atoms with E-state index in [0.29, 0.717) is 19.4 Å². The second-order valence-electron chi connectivity index (χ2n) is 6.24. The predicted molar refractivity (Wildman–Crippen MR) is 113 cm³/mol. The molecular formula is C23H24N2O3. The zero-order valence-electron chi connectivity index (χ0n) is 15.9. The normalized spacial score (nSPS) is 10.2. The van der Waals surface area contributed by atoms with E-state index in [1.54, 1.807) is 7.11 Å². The maximum absolute atomic E-state index is 12.1. The number of amides is 1. The molecule has 144 valence electrons. The topological polar surface area (TPSA) is 59.6 Å². The van der Waals surface area contributed by atoms with Gasteiger partial charge in [0.2, 0.25) is 5.91 Å². The molecule has 0 bridgehead atoms. The summed E-state index contributed by atoms with van der Waals surface area (Å²) in [6.07, 6.45) is 1.05. The molecule has 0 aliphatic carbocycles. The van der Waals surface area contributed by atoms with E-state index in [0.717, 1.165) is 28.6 Å².